The van der Waals surface area contributed by atoms with Gasteiger partial charge in [0.25, 0.3) is 10.0 Å². The Balaban J connectivity index is 2.39. The Morgan fingerprint density at radius 1 is 1.40 bits per heavy atom. The van der Waals surface area contributed by atoms with Gasteiger partial charge >= 0.3 is 5.69 Å². The largest absolute Gasteiger partial charge is 0.502 e. The van der Waals surface area contributed by atoms with E-state index in [1.54, 1.807) is 7.05 Å². The van der Waals surface area contributed by atoms with E-state index in [2.05, 4.69) is 9.82 Å². The van der Waals surface area contributed by atoms with E-state index >= 15 is 0 Å². The number of sulfonamides is 1. The molecule has 0 radical (unpaired) electrons. The molecule has 2 rings (SSSR count). The Labute approximate surface area is 113 Å². The first-order valence-corrected chi connectivity index (χ1v) is 6.78. The molecule has 10 heteroatoms. The van der Waals surface area contributed by atoms with E-state index in [9.17, 15) is 23.6 Å². The van der Waals surface area contributed by atoms with Gasteiger partial charge in [-0.1, -0.05) is 0 Å². The number of aromatic nitrogens is 2. The van der Waals surface area contributed by atoms with Gasteiger partial charge in [-0.25, -0.2) is 8.42 Å². The van der Waals surface area contributed by atoms with Crippen LogP contribution in [-0.2, 0) is 17.1 Å². The lowest BCUT2D eigenvalue weighted by Crippen LogP contribution is -2.13. The molecule has 106 valence electrons. The van der Waals surface area contributed by atoms with Gasteiger partial charge in [0, 0.05) is 25.4 Å². The molecule has 1 aromatic heterocycles. The van der Waals surface area contributed by atoms with Crippen LogP contribution in [0.3, 0.4) is 0 Å². The molecule has 9 nitrogen and oxygen atoms in total. The maximum absolute atomic E-state index is 12.0. The second kappa shape index (κ2) is 4.81. The summed E-state index contributed by atoms with van der Waals surface area (Å²) >= 11 is 0. The molecule has 0 aliphatic rings. The molecule has 1 aromatic carbocycles. The lowest BCUT2D eigenvalue weighted by Gasteiger charge is -2.05. The molecule has 2 N–H and O–H groups in total. The summed E-state index contributed by atoms with van der Waals surface area (Å²) in [5.74, 6) is -0.519. The number of anilines is 1. The highest BCUT2D eigenvalue weighted by Crippen LogP contribution is 2.28. The molecule has 0 aliphatic carbocycles. The fraction of sp³-hybridized carbons (Fsp3) is 0.100. The SMILES string of the molecule is Cn1ccc(NS(=O)(=O)c2ccc(O)c([N+](=O)[O-])c2)n1. The predicted octanol–water partition coefficient (Wildman–Crippen LogP) is 0.835. The number of rotatable bonds is 4. The molecule has 0 fully saturated rings. The van der Waals surface area contributed by atoms with Crippen LogP contribution in [0.4, 0.5) is 11.5 Å². The average Bonchev–Trinajstić information content (AvgIpc) is 2.73. The molecule has 0 aliphatic heterocycles. The van der Waals surface area contributed by atoms with E-state index in [0.717, 1.165) is 18.2 Å². The van der Waals surface area contributed by atoms with Crippen LogP contribution in [0.25, 0.3) is 0 Å². The number of nitrogens with one attached hydrogen (secondary N) is 1. The topological polar surface area (TPSA) is 127 Å². The number of nitro benzene ring substituents is 1. The van der Waals surface area contributed by atoms with Crippen LogP contribution >= 0.6 is 0 Å². The van der Waals surface area contributed by atoms with Gasteiger partial charge in [-0.3, -0.25) is 19.5 Å². The second-order valence-corrected chi connectivity index (χ2v) is 5.57. The van der Waals surface area contributed by atoms with E-state index in [4.69, 9.17) is 0 Å². The maximum Gasteiger partial charge on any atom is 0.312 e. The Kier molecular flexibility index (Phi) is 3.32. The van der Waals surface area contributed by atoms with Crippen molar-refractivity contribution in [1.29, 1.82) is 0 Å². The van der Waals surface area contributed by atoms with Crippen LogP contribution in [0, 0.1) is 10.1 Å². The average molecular weight is 298 g/mol. The molecule has 0 bridgehead atoms. The number of nitro groups is 1. The minimum absolute atomic E-state index is 0.0863. The molecule has 0 atom stereocenters. The fourth-order valence-corrected chi connectivity index (χ4v) is 2.50. The van der Waals surface area contributed by atoms with E-state index in [1.165, 1.54) is 16.9 Å². The first-order chi connectivity index (χ1) is 9.29. The van der Waals surface area contributed by atoms with Crippen LogP contribution in [0.2, 0.25) is 0 Å². The number of phenols is 1. The third-order valence-electron chi connectivity index (χ3n) is 2.41. The number of hydrogen-bond donors (Lipinski definition) is 2. The van der Waals surface area contributed by atoms with Gasteiger partial charge in [-0.2, -0.15) is 5.10 Å². The molecule has 1 heterocycles. The minimum Gasteiger partial charge on any atom is -0.502 e. The minimum atomic E-state index is -4.01. The van der Waals surface area contributed by atoms with Gasteiger partial charge < -0.3 is 5.11 Å². The molecule has 0 spiro atoms. The Morgan fingerprint density at radius 2 is 2.10 bits per heavy atom. The summed E-state index contributed by atoms with van der Waals surface area (Å²) in [6.45, 7) is 0. The smallest absolute Gasteiger partial charge is 0.312 e. The Hall–Kier alpha value is -2.62. The van der Waals surface area contributed by atoms with E-state index < -0.39 is 26.4 Å². The molecule has 20 heavy (non-hydrogen) atoms. The van der Waals surface area contributed by atoms with Gasteiger partial charge in [0.2, 0.25) is 0 Å². The highest BCUT2D eigenvalue weighted by atomic mass is 32.2. The van der Waals surface area contributed by atoms with Crippen molar-refractivity contribution in [1.82, 2.24) is 9.78 Å². The zero-order chi connectivity index (χ0) is 14.9. The number of nitrogens with zero attached hydrogens (tertiary/aromatic N) is 3. The summed E-state index contributed by atoms with van der Waals surface area (Å²) in [6, 6.07) is 4.23. The van der Waals surface area contributed by atoms with Gasteiger partial charge in [-0.05, 0) is 12.1 Å². The number of aryl methyl sites for hydroxylation is 1. The van der Waals surface area contributed by atoms with Crippen LogP contribution < -0.4 is 4.72 Å². The van der Waals surface area contributed by atoms with Crippen molar-refractivity contribution >= 4 is 21.5 Å². The lowest BCUT2D eigenvalue weighted by atomic mass is 10.3. The van der Waals surface area contributed by atoms with Crippen molar-refractivity contribution in [3.63, 3.8) is 0 Å². The highest BCUT2D eigenvalue weighted by Gasteiger charge is 2.21. The Morgan fingerprint density at radius 3 is 2.65 bits per heavy atom. The van der Waals surface area contributed by atoms with Gasteiger partial charge in [-0.15, -0.1) is 0 Å². The third kappa shape index (κ3) is 2.69. The van der Waals surface area contributed by atoms with Crippen LogP contribution in [-0.4, -0.2) is 28.2 Å². The predicted molar refractivity (Wildman–Crippen MR) is 68.8 cm³/mol. The second-order valence-electron chi connectivity index (χ2n) is 3.89. The monoisotopic (exact) mass is 298 g/mol. The summed E-state index contributed by atoms with van der Waals surface area (Å²) in [7, 11) is -2.40. The summed E-state index contributed by atoms with van der Waals surface area (Å²) < 4.78 is 27.6. The highest BCUT2D eigenvalue weighted by molar-refractivity contribution is 7.92. The van der Waals surface area contributed by atoms with Crippen LogP contribution in [0.5, 0.6) is 5.75 Å². The quantitative estimate of drug-likeness (QED) is 0.635. The number of benzene rings is 1. The first-order valence-electron chi connectivity index (χ1n) is 5.29. The summed E-state index contributed by atoms with van der Waals surface area (Å²) in [4.78, 5) is 9.47. The van der Waals surface area contributed by atoms with Gasteiger partial charge in [0.05, 0.1) is 9.82 Å². The summed E-state index contributed by atoms with van der Waals surface area (Å²) in [6.07, 6.45) is 1.54. The van der Waals surface area contributed by atoms with Crippen LogP contribution in [0.15, 0.2) is 35.4 Å². The zero-order valence-corrected chi connectivity index (χ0v) is 11.0. The molecule has 2 aromatic rings. The maximum atomic E-state index is 12.0. The Bertz CT molecular complexity index is 768. The number of hydrogen-bond acceptors (Lipinski definition) is 6. The van der Waals surface area contributed by atoms with E-state index in [0.29, 0.717) is 0 Å². The fourth-order valence-electron chi connectivity index (χ4n) is 1.48. The molecular formula is C10H10N4O5S. The molecule has 0 saturated carbocycles. The molecule has 0 amide bonds. The van der Waals surface area contributed by atoms with Crippen molar-refractivity contribution in [3.8, 4) is 5.75 Å². The van der Waals surface area contributed by atoms with Crippen molar-refractivity contribution in [2.45, 2.75) is 4.90 Å². The zero-order valence-electron chi connectivity index (χ0n) is 10.2. The summed E-state index contributed by atoms with van der Waals surface area (Å²) in [5, 5.41) is 23.8. The molecular weight excluding hydrogens is 288 g/mol. The summed E-state index contributed by atoms with van der Waals surface area (Å²) in [5.41, 5.74) is -0.686. The van der Waals surface area contributed by atoms with E-state index in [1.807, 2.05) is 0 Å². The third-order valence-corrected chi connectivity index (χ3v) is 3.76. The van der Waals surface area contributed by atoms with Crippen molar-refractivity contribution in [2.24, 2.45) is 7.05 Å². The molecule has 0 saturated heterocycles. The van der Waals surface area contributed by atoms with Crippen LogP contribution in [0.1, 0.15) is 0 Å². The first kappa shape index (κ1) is 13.8. The van der Waals surface area contributed by atoms with Crippen molar-refractivity contribution in [3.05, 3.63) is 40.6 Å². The van der Waals surface area contributed by atoms with Gasteiger partial charge in [0.1, 0.15) is 0 Å². The number of phenolic OH excluding ortho intramolecular Hbond substituents is 1. The molecule has 0 unspecified atom stereocenters. The van der Waals surface area contributed by atoms with Crippen molar-refractivity contribution in [2.75, 3.05) is 4.72 Å². The van der Waals surface area contributed by atoms with Gasteiger partial charge in [0.15, 0.2) is 11.6 Å². The number of aromatic hydroxyl groups is 1. The normalized spacial score (nSPS) is 11.2. The van der Waals surface area contributed by atoms with E-state index in [-0.39, 0.29) is 10.7 Å². The lowest BCUT2D eigenvalue weighted by molar-refractivity contribution is -0.386. The standard InChI is InChI=1S/C10H10N4O5S/c1-13-5-4-10(11-13)12-20(18,19)7-2-3-9(15)8(6-7)14(16)17/h2-6,15H,1H3,(H,11,12). The van der Waals surface area contributed by atoms with Crippen molar-refractivity contribution < 1.29 is 18.4 Å².